The Balaban J connectivity index is 2.69. The summed E-state index contributed by atoms with van der Waals surface area (Å²) < 4.78 is 1.62. The molecule has 0 spiro atoms. The molecule has 0 aliphatic carbocycles. The molecule has 1 aromatic rings. The first-order valence-electron chi connectivity index (χ1n) is 6.33. The smallest absolute Gasteiger partial charge is 0.269 e. The maximum absolute atomic E-state index is 12.1. The molecule has 1 amide bonds. The van der Waals surface area contributed by atoms with Crippen LogP contribution in [0.15, 0.2) is 6.07 Å². The molecule has 0 atom stereocenters. The fourth-order valence-corrected chi connectivity index (χ4v) is 2.91. The van der Waals surface area contributed by atoms with Gasteiger partial charge in [0.05, 0.1) is 5.69 Å². The molecule has 0 aliphatic heterocycles. The zero-order valence-electron chi connectivity index (χ0n) is 11.6. The number of aryl methyl sites for hydroxylation is 2. The van der Waals surface area contributed by atoms with Crippen LogP contribution in [-0.4, -0.2) is 27.6 Å². The van der Waals surface area contributed by atoms with E-state index < -0.39 is 0 Å². The van der Waals surface area contributed by atoms with Crippen LogP contribution in [-0.2, 0) is 7.05 Å². The summed E-state index contributed by atoms with van der Waals surface area (Å²) in [4.78, 5) is 12.1. The number of carbonyl (C=O) groups is 1. The number of alkyl halides is 1. The van der Waals surface area contributed by atoms with Crippen LogP contribution < -0.4 is 5.32 Å². The lowest BCUT2D eigenvalue weighted by molar-refractivity contribution is 0.0923. The predicted octanol–water partition coefficient (Wildman–Crippen LogP) is 2.66. The van der Waals surface area contributed by atoms with E-state index in [2.05, 4.69) is 40.2 Å². The second-order valence-electron chi connectivity index (χ2n) is 4.82. The van der Waals surface area contributed by atoms with Gasteiger partial charge in [0, 0.05) is 18.9 Å². The molecule has 5 heteroatoms. The van der Waals surface area contributed by atoms with Crippen molar-refractivity contribution in [2.24, 2.45) is 12.5 Å². The first kappa shape index (κ1) is 15.2. The molecule has 1 rings (SSSR count). The quantitative estimate of drug-likeness (QED) is 0.820. The zero-order valence-corrected chi connectivity index (χ0v) is 13.2. The van der Waals surface area contributed by atoms with Crippen LogP contribution in [0.1, 0.15) is 42.9 Å². The van der Waals surface area contributed by atoms with Gasteiger partial charge in [0.15, 0.2) is 0 Å². The van der Waals surface area contributed by atoms with Gasteiger partial charge in [-0.05, 0) is 31.2 Å². The Labute approximate surface area is 117 Å². The first-order valence-corrected chi connectivity index (χ1v) is 7.45. The molecule has 0 fully saturated rings. The third-order valence-corrected chi connectivity index (χ3v) is 4.83. The van der Waals surface area contributed by atoms with E-state index in [1.165, 1.54) is 0 Å². The minimum Gasteiger partial charge on any atom is -0.350 e. The monoisotopic (exact) mass is 315 g/mol. The number of amides is 1. The van der Waals surface area contributed by atoms with Crippen LogP contribution in [0.5, 0.6) is 0 Å². The number of aromatic nitrogens is 2. The highest BCUT2D eigenvalue weighted by Gasteiger charge is 2.26. The number of nitrogens with zero attached hydrogens (tertiary/aromatic N) is 2. The van der Waals surface area contributed by atoms with Crippen molar-refractivity contribution in [3.63, 3.8) is 0 Å². The van der Waals surface area contributed by atoms with Gasteiger partial charge >= 0.3 is 0 Å². The van der Waals surface area contributed by atoms with Crippen LogP contribution in [0.4, 0.5) is 0 Å². The molecule has 0 radical (unpaired) electrons. The van der Waals surface area contributed by atoms with Crippen molar-refractivity contribution in [3.05, 3.63) is 17.5 Å². The largest absolute Gasteiger partial charge is 0.350 e. The number of carbonyl (C=O) groups excluding carboxylic acids is 1. The molecular weight excluding hydrogens is 294 g/mol. The van der Waals surface area contributed by atoms with Crippen molar-refractivity contribution < 1.29 is 4.79 Å². The van der Waals surface area contributed by atoms with Crippen LogP contribution in [0.2, 0.25) is 0 Å². The van der Waals surface area contributed by atoms with Gasteiger partial charge in [0.1, 0.15) is 5.69 Å². The summed E-state index contributed by atoms with van der Waals surface area (Å²) in [6, 6.07) is 1.81. The van der Waals surface area contributed by atoms with E-state index in [0.717, 1.165) is 23.9 Å². The van der Waals surface area contributed by atoms with Crippen molar-refractivity contribution in [1.82, 2.24) is 15.1 Å². The Morgan fingerprint density at radius 3 is 2.50 bits per heavy atom. The topological polar surface area (TPSA) is 46.9 Å². The SMILES string of the molecule is CCC(CC)(CBr)CNC(=O)c1cc(C)nn1C. The lowest BCUT2D eigenvalue weighted by Gasteiger charge is -2.29. The Hall–Kier alpha value is -0.840. The van der Waals surface area contributed by atoms with Gasteiger partial charge in [-0.1, -0.05) is 29.8 Å². The molecule has 0 aromatic carbocycles. The lowest BCUT2D eigenvalue weighted by Crippen LogP contribution is -2.38. The summed E-state index contributed by atoms with van der Waals surface area (Å²) in [5, 5.41) is 8.10. The van der Waals surface area contributed by atoms with Crippen LogP contribution in [0, 0.1) is 12.3 Å². The van der Waals surface area contributed by atoms with E-state index >= 15 is 0 Å². The first-order chi connectivity index (χ1) is 8.48. The highest BCUT2D eigenvalue weighted by molar-refractivity contribution is 9.09. The number of hydrogen-bond acceptors (Lipinski definition) is 2. The van der Waals surface area contributed by atoms with E-state index in [0.29, 0.717) is 12.2 Å². The van der Waals surface area contributed by atoms with E-state index in [4.69, 9.17) is 0 Å². The Kier molecular flexibility index (Phi) is 5.38. The summed E-state index contributed by atoms with van der Waals surface area (Å²) in [5.74, 6) is -0.0506. The van der Waals surface area contributed by atoms with E-state index in [1.54, 1.807) is 11.7 Å². The van der Waals surface area contributed by atoms with Gasteiger partial charge in [-0.3, -0.25) is 9.48 Å². The van der Waals surface area contributed by atoms with Crippen molar-refractivity contribution in [2.45, 2.75) is 33.6 Å². The second-order valence-corrected chi connectivity index (χ2v) is 5.38. The fourth-order valence-electron chi connectivity index (χ4n) is 1.92. The van der Waals surface area contributed by atoms with Crippen molar-refractivity contribution in [1.29, 1.82) is 0 Å². The summed E-state index contributed by atoms with van der Waals surface area (Å²) in [7, 11) is 1.79. The van der Waals surface area contributed by atoms with Crippen LogP contribution in [0.3, 0.4) is 0 Å². The molecule has 0 unspecified atom stereocenters. The van der Waals surface area contributed by atoms with Gasteiger partial charge in [0.2, 0.25) is 0 Å². The average molecular weight is 316 g/mol. The van der Waals surface area contributed by atoms with Crippen molar-refractivity contribution in [3.8, 4) is 0 Å². The lowest BCUT2D eigenvalue weighted by atomic mass is 9.84. The van der Waals surface area contributed by atoms with Gasteiger partial charge in [-0.2, -0.15) is 5.10 Å². The van der Waals surface area contributed by atoms with E-state index in [1.807, 2.05) is 13.0 Å². The summed E-state index contributed by atoms with van der Waals surface area (Å²) >= 11 is 3.55. The third kappa shape index (κ3) is 3.34. The summed E-state index contributed by atoms with van der Waals surface area (Å²) in [5.41, 5.74) is 1.62. The van der Waals surface area contributed by atoms with Gasteiger partial charge < -0.3 is 5.32 Å². The standard InChI is InChI=1S/C13H22BrN3O/c1-5-13(6-2,8-14)9-15-12(18)11-7-10(3)16-17(11)4/h7H,5-6,8-9H2,1-4H3,(H,15,18). The maximum Gasteiger partial charge on any atom is 0.269 e. The average Bonchev–Trinajstić information content (AvgIpc) is 2.70. The van der Waals surface area contributed by atoms with Gasteiger partial charge in [-0.15, -0.1) is 0 Å². The van der Waals surface area contributed by atoms with Crippen LogP contribution in [0.25, 0.3) is 0 Å². The van der Waals surface area contributed by atoms with Gasteiger partial charge in [0.25, 0.3) is 5.91 Å². The minimum atomic E-state index is -0.0506. The van der Waals surface area contributed by atoms with E-state index in [9.17, 15) is 4.79 Å². The number of halogens is 1. The van der Waals surface area contributed by atoms with Crippen LogP contribution >= 0.6 is 15.9 Å². The predicted molar refractivity (Wildman–Crippen MR) is 77.1 cm³/mol. The second kappa shape index (κ2) is 6.36. The zero-order chi connectivity index (χ0) is 13.8. The highest BCUT2D eigenvalue weighted by Crippen LogP contribution is 2.27. The molecule has 1 aromatic heterocycles. The molecule has 0 saturated heterocycles. The maximum atomic E-state index is 12.1. The molecule has 0 bridgehead atoms. The molecule has 0 aliphatic rings. The minimum absolute atomic E-state index is 0.0506. The number of nitrogens with one attached hydrogen (secondary N) is 1. The molecule has 1 heterocycles. The Bertz CT molecular complexity index is 402. The Morgan fingerprint density at radius 1 is 1.50 bits per heavy atom. The Morgan fingerprint density at radius 2 is 2.11 bits per heavy atom. The third-order valence-electron chi connectivity index (χ3n) is 3.64. The fraction of sp³-hybridized carbons (Fsp3) is 0.692. The molecule has 1 N–H and O–H groups in total. The normalized spacial score (nSPS) is 11.6. The van der Waals surface area contributed by atoms with Crippen molar-refractivity contribution in [2.75, 3.05) is 11.9 Å². The van der Waals surface area contributed by atoms with Crippen molar-refractivity contribution >= 4 is 21.8 Å². The molecule has 18 heavy (non-hydrogen) atoms. The molecule has 102 valence electrons. The summed E-state index contributed by atoms with van der Waals surface area (Å²) in [6.07, 6.45) is 2.08. The molecule has 4 nitrogen and oxygen atoms in total. The summed E-state index contributed by atoms with van der Waals surface area (Å²) in [6.45, 7) is 6.89. The molecular formula is C13H22BrN3O. The number of rotatable bonds is 6. The van der Waals surface area contributed by atoms with Gasteiger partial charge in [-0.25, -0.2) is 0 Å². The van der Waals surface area contributed by atoms with E-state index in [-0.39, 0.29) is 11.3 Å². The molecule has 0 saturated carbocycles. The number of hydrogen-bond donors (Lipinski definition) is 1. The highest BCUT2D eigenvalue weighted by atomic mass is 79.9.